The van der Waals surface area contributed by atoms with Gasteiger partial charge in [0.05, 0.1) is 12.0 Å². The molecule has 2 atom stereocenters. The van der Waals surface area contributed by atoms with Crippen LogP contribution in [0.3, 0.4) is 0 Å². The van der Waals surface area contributed by atoms with E-state index in [1.54, 1.807) is 6.07 Å². The number of nitro benzene ring substituents is 1. The summed E-state index contributed by atoms with van der Waals surface area (Å²) in [4.78, 5) is 25.3. The van der Waals surface area contributed by atoms with E-state index >= 15 is 0 Å². The maximum Gasteiger partial charge on any atom is 0.311 e. The highest BCUT2D eigenvalue weighted by atomic mass is 35.5. The second-order valence-corrected chi connectivity index (χ2v) is 5.73. The van der Waals surface area contributed by atoms with E-state index < -0.39 is 4.92 Å². The topological polar surface area (TPSA) is 84.7 Å². The third-order valence-electron chi connectivity index (χ3n) is 4.51. The Balaban J connectivity index is 0.00000192. The number of ether oxygens (including phenoxy) is 1. The van der Waals surface area contributed by atoms with E-state index in [-0.39, 0.29) is 41.8 Å². The van der Waals surface area contributed by atoms with Crippen molar-refractivity contribution in [3.8, 4) is 5.75 Å². The summed E-state index contributed by atoms with van der Waals surface area (Å²) in [7, 11) is 1.38. The van der Waals surface area contributed by atoms with Gasteiger partial charge in [-0.1, -0.05) is 0 Å². The average Bonchev–Trinajstić information content (AvgIpc) is 2.78. The lowest BCUT2D eigenvalue weighted by molar-refractivity contribution is -0.385. The van der Waals surface area contributed by atoms with Gasteiger partial charge in [0.2, 0.25) is 0 Å². The Labute approximate surface area is 140 Å². The lowest BCUT2D eigenvalue weighted by Crippen LogP contribution is -2.42. The van der Waals surface area contributed by atoms with Gasteiger partial charge in [-0.25, -0.2) is 0 Å². The Morgan fingerprint density at radius 1 is 1.35 bits per heavy atom. The van der Waals surface area contributed by atoms with Gasteiger partial charge in [-0.05, 0) is 37.9 Å². The molecular weight excluding hydrogens is 322 g/mol. The number of benzene rings is 1. The average molecular weight is 342 g/mol. The van der Waals surface area contributed by atoms with Gasteiger partial charge in [-0.3, -0.25) is 14.9 Å². The van der Waals surface area contributed by atoms with Crippen LogP contribution in [0.25, 0.3) is 0 Å². The zero-order chi connectivity index (χ0) is 15.7. The van der Waals surface area contributed by atoms with E-state index in [0.29, 0.717) is 5.56 Å². The monoisotopic (exact) mass is 341 g/mol. The molecule has 2 bridgehead atoms. The summed E-state index contributed by atoms with van der Waals surface area (Å²) in [6, 6.07) is 4.82. The van der Waals surface area contributed by atoms with Crippen LogP contribution in [-0.2, 0) is 0 Å². The highest BCUT2D eigenvalue weighted by Crippen LogP contribution is 2.32. The number of methoxy groups -OCH3 is 1. The molecule has 2 fully saturated rings. The highest BCUT2D eigenvalue weighted by molar-refractivity contribution is 5.96. The molecule has 23 heavy (non-hydrogen) atoms. The largest absolute Gasteiger partial charge is 0.490 e. The fraction of sp³-hybridized carbons (Fsp3) is 0.533. The lowest BCUT2D eigenvalue weighted by atomic mass is 10.1. The molecule has 1 amide bonds. The Morgan fingerprint density at radius 2 is 2.09 bits per heavy atom. The van der Waals surface area contributed by atoms with E-state index in [2.05, 4.69) is 5.32 Å². The van der Waals surface area contributed by atoms with Crippen LogP contribution in [-0.4, -0.2) is 48.0 Å². The van der Waals surface area contributed by atoms with Gasteiger partial charge < -0.3 is 15.0 Å². The van der Waals surface area contributed by atoms with Gasteiger partial charge in [-0.2, -0.15) is 0 Å². The van der Waals surface area contributed by atoms with Crippen molar-refractivity contribution in [2.75, 3.05) is 20.2 Å². The van der Waals surface area contributed by atoms with Crippen molar-refractivity contribution >= 4 is 24.0 Å². The zero-order valence-electron chi connectivity index (χ0n) is 12.9. The van der Waals surface area contributed by atoms with Gasteiger partial charge in [0.15, 0.2) is 5.75 Å². The van der Waals surface area contributed by atoms with E-state index in [9.17, 15) is 14.9 Å². The molecular formula is C15H20ClN3O4. The van der Waals surface area contributed by atoms with E-state index in [0.717, 1.165) is 32.4 Å². The number of carbonyl (C=O) groups is 1. The number of hydrogen-bond acceptors (Lipinski definition) is 5. The minimum absolute atomic E-state index is 0. The van der Waals surface area contributed by atoms with Crippen LogP contribution < -0.4 is 10.1 Å². The minimum Gasteiger partial charge on any atom is -0.490 e. The van der Waals surface area contributed by atoms with Crippen LogP contribution in [0.15, 0.2) is 18.2 Å². The molecule has 0 aromatic heterocycles. The number of rotatable bonds is 3. The summed E-state index contributed by atoms with van der Waals surface area (Å²) >= 11 is 0. The molecule has 1 aromatic carbocycles. The fourth-order valence-corrected chi connectivity index (χ4v) is 3.43. The smallest absolute Gasteiger partial charge is 0.311 e. The van der Waals surface area contributed by atoms with Gasteiger partial charge in [0, 0.05) is 30.3 Å². The van der Waals surface area contributed by atoms with Crippen molar-refractivity contribution < 1.29 is 14.5 Å². The molecule has 7 nitrogen and oxygen atoms in total. The Kier molecular flexibility index (Phi) is 5.43. The maximum absolute atomic E-state index is 12.8. The molecule has 3 rings (SSSR count). The summed E-state index contributed by atoms with van der Waals surface area (Å²) in [5.74, 6) is 0.0454. The van der Waals surface area contributed by atoms with Crippen molar-refractivity contribution in [2.24, 2.45) is 0 Å². The first kappa shape index (κ1) is 17.5. The van der Waals surface area contributed by atoms with Gasteiger partial charge in [0.1, 0.15) is 0 Å². The third-order valence-corrected chi connectivity index (χ3v) is 4.51. The van der Waals surface area contributed by atoms with E-state index in [1.165, 1.54) is 19.2 Å². The number of amides is 1. The summed E-state index contributed by atoms with van der Waals surface area (Å²) in [5, 5.41) is 14.5. The van der Waals surface area contributed by atoms with Gasteiger partial charge >= 0.3 is 5.69 Å². The number of nitro groups is 1. The molecule has 1 aromatic rings. The summed E-state index contributed by atoms with van der Waals surface area (Å²) in [6.45, 7) is 1.70. The summed E-state index contributed by atoms with van der Waals surface area (Å²) in [5.41, 5.74) is 0.181. The molecule has 2 saturated heterocycles. The predicted octanol–water partition coefficient (Wildman–Crippen LogP) is 1.99. The number of fused-ring (bicyclic) bond motifs is 2. The summed E-state index contributed by atoms with van der Waals surface area (Å²) < 4.78 is 4.98. The van der Waals surface area contributed by atoms with Crippen molar-refractivity contribution in [1.82, 2.24) is 10.2 Å². The van der Waals surface area contributed by atoms with E-state index in [4.69, 9.17) is 4.74 Å². The number of hydrogen-bond donors (Lipinski definition) is 1. The summed E-state index contributed by atoms with van der Waals surface area (Å²) in [6.07, 6.45) is 2.93. The second kappa shape index (κ2) is 7.14. The van der Waals surface area contributed by atoms with Crippen molar-refractivity contribution in [3.05, 3.63) is 33.9 Å². The van der Waals surface area contributed by atoms with E-state index in [1.807, 2.05) is 4.90 Å². The number of carbonyl (C=O) groups excluding carboxylic acids is 1. The molecule has 8 heteroatoms. The molecule has 2 aliphatic heterocycles. The number of halogens is 1. The van der Waals surface area contributed by atoms with Gasteiger partial charge in [-0.15, -0.1) is 12.4 Å². The zero-order valence-corrected chi connectivity index (χ0v) is 13.7. The standard InChI is InChI=1S/C15H19N3O4.ClH/c1-22-14-5-2-10(8-13(14)18(20)21)15(19)17-11-3-4-12(17)9-16-7-6-11;/h2,5,8,11-12,16H,3-4,6-7,9H2,1H3;1H. The van der Waals surface area contributed by atoms with Crippen LogP contribution in [0.1, 0.15) is 29.6 Å². The Morgan fingerprint density at radius 3 is 2.78 bits per heavy atom. The number of nitrogens with zero attached hydrogens (tertiary/aromatic N) is 2. The van der Waals surface area contributed by atoms with Crippen molar-refractivity contribution in [1.29, 1.82) is 0 Å². The molecule has 126 valence electrons. The molecule has 0 radical (unpaired) electrons. The van der Waals surface area contributed by atoms with Crippen molar-refractivity contribution in [2.45, 2.75) is 31.3 Å². The second-order valence-electron chi connectivity index (χ2n) is 5.73. The Bertz CT molecular complexity index is 596. The lowest BCUT2D eigenvalue weighted by Gasteiger charge is -2.28. The number of nitrogens with one attached hydrogen (secondary N) is 1. The first-order chi connectivity index (χ1) is 10.6. The van der Waals surface area contributed by atoms with Crippen molar-refractivity contribution in [3.63, 3.8) is 0 Å². The molecule has 0 spiro atoms. The third kappa shape index (κ3) is 3.25. The first-order valence-corrected chi connectivity index (χ1v) is 7.47. The maximum atomic E-state index is 12.8. The molecule has 2 heterocycles. The normalized spacial score (nSPS) is 22.9. The molecule has 2 aliphatic rings. The van der Waals surface area contributed by atoms with Crippen LogP contribution in [0.2, 0.25) is 0 Å². The van der Waals surface area contributed by atoms with Crippen LogP contribution in [0, 0.1) is 10.1 Å². The van der Waals surface area contributed by atoms with Crippen LogP contribution in [0.4, 0.5) is 5.69 Å². The van der Waals surface area contributed by atoms with Crippen LogP contribution >= 0.6 is 12.4 Å². The molecule has 2 unspecified atom stereocenters. The van der Waals surface area contributed by atoms with Gasteiger partial charge in [0.25, 0.3) is 5.91 Å². The predicted molar refractivity (Wildman–Crippen MR) is 87.4 cm³/mol. The highest BCUT2D eigenvalue weighted by Gasteiger charge is 2.38. The molecule has 0 saturated carbocycles. The quantitative estimate of drug-likeness (QED) is 0.671. The first-order valence-electron chi connectivity index (χ1n) is 7.47. The van der Waals surface area contributed by atoms with Crippen LogP contribution in [0.5, 0.6) is 5.75 Å². The fourth-order valence-electron chi connectivity index (χ4n) is 3.43. The SMILES string of the molecule is COc1ccc(C(=O)N2C3CCNCC2CC3)cc1[N+](=O)[O-].Cl. The molecule has 0 aliphatic carbocycles. The molecule has 1 N–H and O–H groups in total. The Hall–Kier alpha value is -1.86. The minimum atomic E-state index is -0.520.